The standard InChI is InChI=1S/C27H29N7O6S/c1-31(2)41(39,40)33-15-22(23(35)16-33)24-21(13-29)25(32(3)14-18-9-7-17(12-28)8-10-18)34(30-24)26(36)19-5-4-6-20(11-19)27(37)38/h4-11,22H,12,14-16,28H2,1-3H3,(H,37,38). The van der Waals surface area contributed by atoms with Gasteiger partial charge in [-0.3, -0.25) is 9.59 Å². The normalized spacial score (nSPS) is 15.7. The lowest BCUT2D eigenvalue weighted by Gasteiger charge is -2.21. The minimum absolute atomic E-state index is 0.0000472. The van der Waals surface area contributed by atoms with E-state index < -0.39 is 40.3 Å². The summed E-state index contributed by atoms with van der Waals surface area (Å²) in [6.45, 7) is -0.0504. The van der Waals surface area contributed by atoms with Gasteiger partial charge in [0.25, 0.3) is 16.1 Å². The number of ketones is 1. The highest BCUT2D eigenvalue weighted by molar-refractivity contribution is 7.86. The van der Waals surface area contributed by atoms with E-state index in [1.807, 2.05) is 24.3 Å². The van der Waals surface area contributed by atoms with Crippen LogP contribution in [0.1, 0.15) is 49.0 Å². The quantitative estimate of drug-likeness (QED) is 0.371. The van der Waals surface area contributed by atoms with Crippen LogP contribution in [0.5, 0.6) is 0 Å². The van der Waals surface area contributed by atoms with Crippen molar-refractivity contribution in [1.82, 2.24) is 18.4 Å². The van der Waals surface area contributed by atoms with Gasteiger partial charge in [-0.15, -0.1) is 0 Å². The van der Waals surface area contributed by atoms with E-state index in [1.54, 1.807) is 11.9 Å². The van der Waals surface area contributed by atoms with Crippen molar-refractivity contribution in [2.45, 2.75) is 19.0 Å². The molecule has 0 bridgehead atoms. The van der Waals surface area contributed by atoms with Gasteiger partial charge in [-0.2, -0.15) is 32.1 Å². The zero-order chi connectivity index (χ0) is 30.1. The Hall–Kier alpha value is -4.42. The number of nitrogens with two attached hydrogens (primary N) is 1. The molecule has 1 saturated heterocycles. The first-order valence-electron chi connectivity index (χ1n) is 12.5. The summed E-state index contributed by atoms with van der Waals surface area (Å²) in [5.41, 5.74) is 7.24. The molecule has 3 N–H and O–H groups in total. The first-order chi connectivity index (χ1) is 19.4. The van der Waals surface area contributed by atoms with E-state index in [-0.39, 0.29) is 41.3 Å². The van der Waals surface area contributed by atoms with Crippen LogP contribution in [0.2, 0.25) is 0 Å². The van der Waals surface area contributed by atoms with E-state index in [0.29, 0.717) is 6.54 Å². The molecule has 2 aromatic carbocycles. The van der Waals surface area contributed by atoms with Crippen LogP contribution >= 0.6 is 0 Å². The molecule has 3 aromatic rings. The van der Waals surface area contributed by atoms with Crippen molar-refractivity contribution in [3.63, 3.8) is 0 Å². The van der Waals surface area contributed by atoms with Gasteiger partial charge in [0.1, 0.15) is 11.6 Å². The van der Waals surface area contributed by atoms with Gasteiger partial charge in [-0.05, 0) is 29.3 Å². The molecule has 4 rings (SSSR count). The van der Waals surface area contributed by atoms with Gasteiger partial charge in [0.05, 0.1) is 23.7 Å². The number of nitrogens with zero attached hydrogens (tertiary/aromatic N) is 6. The molecule has 1 fully saturated rings. The molecule has 0 radical (unpaired) electrons. The number of aromatic nitrogens is 2. The lowest BCUT2D eigenvalue weighted by molar-refractivity contribution is -0.117. The van der Waals surface area contributed by atoms with Gasteiger partial charge in [0.15, 0.2) is 11.6 Å². The van der Waals surface area contributed by atoms with Crippen LogP contribution in [0.4, 0.5) is 5.82 Å². The number of carbonyl (C=O) groups excluding carboxylic acids is 2. The summed E-state index contributed by atoms with van der Waals surface area (Å²) in [6.07, 6.45) is 0. The Bertz CT molecular complexity index is 1660. The van der Waals surface area contributed by atoms with E-state index in [1.165, 1.54) is 38.4 Å². The molecule has 1 aliphatic rings. The molecule has 0 spiro atoms. The number of anilines is 1. The SMILES string of the molecule is CN(Cc1ccc(CN)cc1)c1c(C#N)c(C2CN(S(=O)(=O)N(C)C)CC2=O)nn1C(=O)c1cccc(C(=O)O)c1. The maximum absolute atomic E-state index is 13.7. The van der Waals surface area contributed by atoms with Gasteiger partial charge in [0.2, 0.25) is 0 Å². The zero-order valence-electron chi connectivity index (χ0n) is 22.7. The Kier molecular flexibility index (Phi) is 8.36. The first kappa shape index (κ1) is 29.6. The Labute approximate surface area is 237 Å². The number of hydrogen-bond donors (Lipinski definition) is 2. The number of rotatable bonds is 9. The molecule has 13 nitrogen and oxygen atoms in total. The van der Waals surface area contributed by atoms with E-state index >= 15 is 0 Å². The fourth-order valence-electron chi connectivity index (χ4n) is 4.61. The molecule has 0 aliphatic carbocycles. The third kappa shape index (κ3) is 5.74. The van der Waals surface area contributed by atoms with Crippen LogP contribution in [0.25, 0.3) is 0 Å². The molecule has 1 atom stereocenters. The van der Waals surface area contributed by atoms with Crippen molar-refractivity contribution in [3.8, 4) is 6.07 Å². The zero-order valence-corrected chi connectivity index (χ0v) is 23.5. The van der Waals surface area contributed by atoms with Crippen molar-refractivity contribution in [2.24, 2.45) is 5.73 Å². The highest BCUT2D eigenvalue weighted by atomic mass is 32.2. The number of carboxylic acid groups (broad SMARTS) is 1. The number of carboxylic acids is 1. The molecule has 0 saturated carbocycles. The molecular weight excluding hydrogens is 550 g/mol. The van der Waals surface area contributed by atoms with E-state index in [0.717, 1.165) is 24.4 Å². The smallest absolute Gasteiger partial charge is 0.335 e. The van der Waals surface area contributed by atoms with Gasteiger partial charge in [-0.25, -0.2) is 4.79 Å². The summed E-state index contributed by atoms with van der Waals surface area (Å²) >= 11 is 0. The average molecular weight is 580 g/mol. The second kappa shape index (κ2) is 11.6. The van der Waals surface area contributed by atoms with Crippen LogP contribution < -0.4 is 10.6 Å². The third-order valence-corrected chi connectivity index (χ3v) is 8.67. The molecule has 2 heterocycles. The van der Waals surface area contributed by atoms with Crippen molar-refractivity contribution >= 4 is 33.7 Å². The molecule has 0 amide bonds. The van der Waals surface area contributed by atoms with E-state index in [4.69, 9.17) is 5.73 Å². The lowest BCUT2D eigenvalue weighted by atomic mass is 10.00. The van der Waals surface area contributed by atoms with Crippen molar-refractivity contribution in [3.05, 3.63) is 82.0 Å². The number of nitriles is 1. The maximum atomic E-state index is 13.7. The summed E-state index contributed by atoms with van der Waals surface area (Å²) in [6, 6.07) is 14.9. The Morgan fingerprint density at radius 1 is 1.12 bits per heavy atom. The highest BCUT2D eigenvalue weighted by Crippen LogP contribution is 2.34. The minimum atomic E-state index is -3.92. The summed E-state index contributed by atoms with van der Waals surface area (Å²) in [5.74, 6) is -3.42. The average Bonchev–Trinajstić information content (AvgIpc) is 3.53. The Morgan fingerprint density at radius 2 is 1.76 bits per heavy atom. The number of hydrogen-bond acceptors (Lipinski definition) is 9. The summed E-state index contributed by atoms with van der Waals surface area (Å²) in [7, 11) is 0.420. The molecular formula is C27H29N7O6S. The Balaban J connectivity index is 1.83. The van der Waals surface area contributed by atoms with Crippen LogP contribution in [-0.2, 0) is 28.1 Å². The largest absolute Gasteiger partial charge is 0.478 e. The molecule has 1 aromatic heterocycles. The van der Waals surface area contributed by atoms with Gasteiger partial charge < -0.3 is 15.7 Å². The monoisotopic (exact) mass is 579 g/mol. The van der Waals surface area contributed by atoms with Crippen molar-refractivity contribution in [1.29, 1.82) is 5.26 Å². The topological polar surface area (TPSA) is 183 Å². The van der Waals surface area contributed by atoms with Gasteiger partial charge in [0, 0.05) is 46.3 Å². The number of aromatic carboxylic acids is 1. The van der Waals surface area contributed by atoms with Crippen LogP contribution in [0, 0.1) is 11.3 Å². The number of carbonyl (C=O) groups is 3. The fourth-order valence-corrected chi connectivity index (χ4v) is 5.70. The second-order valence-corrected chi connectivity index (χ2v) is 11.9. The van der Waals surface area contributed by atoms with E-state index in [9.17, 15) is 33.2 Å². The molecule has 41 heavy (non-hydrogen) atoms. The second-order valence-electron chi connectivity index (χ2n) is 9.78. The predicted octanol–water partition coefficient (Wildman–Crippen LogP) is 1.01. The van der Waals surface area contributed by atoms with Crippen LogP contribution in [-0.4, -0.2) is 83.8 Å². The van der Waals surface area contributed by atoms with Crippen molar-refractivity contribution in [2.75, 3.05) is 39.1 Å². The van der Waals surface area contributed by atoms with Crippen molar-refractivity contribution < 1.29 is 27.9 Å². The summed E-state index contributed by atoms with van der Waals surface area (Å²) in [4.78, 5) is 39.9. The number of Topliss-reactive ketones (excluding diaryl/α,β-unsaturated/α-hetero) is 1. The lowest BCUT2D eigenvalue weighted by Crippen LogP contribution is -2.38. The van der Waals surface area contributed by atoms with E-state index in [2.05, 4.69) is 11.2 Å². The molecule has 1 unspecified atom stereocenters. The van der Waals surface area contributed by atoms with Crippen LogP contribution in [0.3, 0.4) is 0 Å². The highest BCUT2D eigenvalue weighted by Gasteiger charge is 2.43. The molecule has 214 valence electrons. The fraction of sp³-hybridized carbons (Fsp3) is 0.296. The molecule has 1 aliphatic heterocycles. The minimum Gasteiger partial charge on any atom is -0.478 e. The van der Waals surface area contributed by atoms with Gasteiger partial charge >= 0.3 is 5.97 Å². The first-order valence-corrected chi connectivity index (χ1v) is 13.9. The Morgan fingerprint density at radius 3 is 2.34 bits per heavy atom. The summed E-state index contributed by atoms with van der Waals surface area (Å²) < 4.78 is 28.4. The summed E-state index contributed by atoms with van der Waals surface area (Å²) in [5, 5.41) is 24.0. The van der Waals surface area contributed by atoms with Crippen LogP contribution in [0.15, 0.2) is 48.5 Å². The van der Waals surface area contributed by atoms with Gasteiger partial charge in [-0.1, -0.05) is 30.3 Å². The predicted molar refractivity (Wildman–Crippen MR) is 148 cm³/mol. The third-order valence-electron chi connectivity index (χ3n) is 6.81. The number of benzene rings is 2. The molecule has 14 heteroatoms. The maximum Gasteiger partial charge on any atom is 0.335 e.